The van der Waals surface area contributed by atoms with Gasteiger partial charge in [-0.25, -0.2) is 4.79 Å². The third-order valence-electron chi connectivity index (χ3n) is 6.97. The minimum absolute atomic E-state index is 0.169. The Balaban J connectivity index is 1.56. The fraction of sp³-hybridized carbons (Fsp3) is 0.423. The maximum atomic E-state index is 13.7. The first-order valence-electron chi connectivity index (χ1n) is 11.4. The van der Waals surface area contributed by atoms with E-state index in [1.54, 1.807) is 11.9 Å². The zero-order valence-electron chi connectivity index (χ0n) is 18.8. The average Bonchev–Trinajstić information content (AvgIpc) is 3.05. The summed E-state index contributed by atoms with van der Waals surface area (Å²) in [4.78, 5) is 42.5. The van der Waals surface area contributed by atoms with E-state index < -0.39 is 11.6 Å². The number of rotatable bonds is 6. The van der Waals surface area contributed by atoms with Gasteiger partial charge in [-0.1, -0.05) is 67.6 Å². The van der Waals surface area contributed by atoms with E-state index in [-0.39, 0.29) is 24.4 Å². The van der Waals surface area contributed by atoms with Crippen molar-refractivity contribution in [1.29, 1.82) is 0 Å². The molecule has 6 heteroatoms. The maximum Gasteiger partial charge on any atom is 0.325 e. The summed E-state index contributed by atoms with van der Waals surface area (Å²) in [5, 5.41) is 2.93. The topological polar surface area (TPSA) is 69.7 Å². The molecule has 2 aromatic carbocycles. The van der Waals surface area contributed by atoms with E-state index in [1.807, 2.05) is 60.7 Å². The highest BCUT2D eigenvalue weighted by molar-refractivity contribution is 6.09. The van der Waals surface area contributed by atoms with Gasteiger partial charge in [0.05, 0.1) is 0 Å². The van der Waals surface area contributed by atoms with Gasteiger partial charge < -0.3 is 10.2 Å². The number of urea groups is 1. The molecule has 1 unspecified atom stereocenters. The van der Waals surface area contributed by atoms with Gasteiger partial charge in [-0.05, 0) is 42.7 Å². The number of hydrogen-bond donors (Lipinski definition) is 1. The Morgan fingerprint density at radius 1 is 1.00 bits per heavy atom. The summed E-state index contributed by atoms with van der Waals surface area (Å²) in [6.45, 7) is 2.00. The summed E-state index contributed by atoms with van der Waals surface area (Å²) in [5.41, 5.74) is 0.428. The fourth-order valence-electron chi connectivity index (χ4n) is 4.89. The lowest BCUT2D eigenvalue weighted by molar-refractivity contribution is -0.140. The van der Waals surface area contributed by atoms with Crippen LogP contribution < -0.4 is 5.32 Å². The fourth-order valence-corrected chi connectivity index (χ4v) is 4.89. The van der Waals surface area contributed by atoms with Gasteiger partial charge in [0.2, 0.25) is 5.91 Å². The second-order valence-electron chi connectivity index (χ2n) is 9.17. The van der Waals surface area contributed by atoms with Crippen molar-refractivity contribution >= 4 is 17.8 Å². The van der Waals surface area contributed by atoms with E-state index in [4.69, 9.17) is 0 Å². The Hall–Kier alpha value is -3.15. The van der Waals surface area contributed by atoms with Crippen LogP contribution in [-0.4, -0.2) is 47.3 Å². The zero-order valence-corrected chi connectivity index (χ0v) is 18.8. The predicted molar refractivity (Wildman–Crippen MR) is 123 cm³/mol. The summed E-state index contributed by atoms with van der Waals surface area (Å²) < 4.78 is 0. The molecule has 0 bridgehead atoms. The van der Waals surface area contributed by atoms with Gasteiger partial charge >= 0.3 is 6.03 Å². The number of carbonyl (C=O) groups is 3. The quantitative estimate of drug-likeness (QED) is 0.706. The second-order valence-corrected chi connectivity index (χ2v) is 9.17. The monoisotopic (exact) mass is 433 g/mol. The maximum absolute atomic E-state index is 13.7. The molecule has 2 aliphatic rings. The van der Waals surface area contributed by atoms with E-state index >= 15 is 0 Å². The minimum atomic E-state index is -1.22. The first-order valence-corrected chi connectivity index (χ1v) is 11.4. The molecule has 0 aromatic heterocycles. The first-order chi connectivity index (χ1) is 15.4. The van der Waals surface area contributed by atoms with Crippen molar-refractivity contribution in [1.82, 2.24) is 15.1 Å². The number of hydrogen-bond acceptors (Lipinski definition) is 3. The standard InChI is InChI=1S/C26H31N3O3/c1-19-13-15-22(16-14-19)28(2)23(30)18-29-24(31)26(27-25(29)32,21-11-7-4-8-12-21)17-20-9-5-3-6-10-20/h3-12,19,22H,13-18H2,1-2H3,(H,27,32). The lowest BCUT2D eigenvalue weighted by atomic mass is 9.83. The van der Waals surface area contributed by atoms with E-state index in [0.29, 0.717) is 17.9 Å². The average molecular weight is 434 g/mol. The smallest absolute Gasteiger partial charge is 0.325 e. The molecule has 1 N–H and O–H groups in total. The van der Waals surface area contributed by atoms with E-state index in [0.717, 1.165) is 36.1 Å². The molecule has 1 saturated carbocycles. The summed E-state index contributed by atoms with van der Waals surface area (Å²) in [5.74, 6) is 0.110. The Kier molecular flexibility index (Phi) is 6.31. The molecule has 1 heterocycles. The molecule has 1 aliphatic carbocycles. The summed E-state index contributed by atoms with van der Waals surface area (Å²) in [6.07, 6.45) is 4.44. The number of nitrogens with one attached hydrogen (secondary N) is 1. The Labute approximate surface area is 189 Å². The largest absolute Gasteiger partial charge is 0.341 e. The second kappa shape index (κ2) is 9.15. The number of likely N-dealkylation sites (N-methyl/N-ethyl adjacent to an activating group) is 1. The van der Waals surface area contributed by atoms with Gasteiger partial charge in [0, 0.05) is 19.5 Å². The van der Waals surface area contributed by atoms with Gasteiger partial charge in [0.15, 0.2) is 5.54 Å². The van der Waals surface area contributed by atoms with Crippen molar-refractivity contribution in [3.05, 3.63) is 71.8 Å². The highest BCUT2D eigenvalue weighted by atomic mass is 16.2. The number of carbonyl (C=O) groups excluding carboxylic acids is 3. The molecule has 2 fully saturated rings. The van der Waals surface area contributed by atoms with Crippen LogP contribution in [0.3, 0.4) is 0 Å². The van der Waals surface area contributed by atoms with Crippen LogP contribution in [0.4, 0.5) is 4.79 Å². The molecular formula is C26H31N3O3. The molecule has 0 radical (unpaired) electrons. The van der Waals surface area contributed by atoms with Crippen molar-refractivity contribution < 1.29 is 14.4 Å². The summed E-state index contributed by atoms with van der Waals surface area (Å²) in [6, 6.07) is 18.6. The Bertz CT molecular complexity index is 970. The third-order valence-corrected chi connectivity index (χ3v) is 6.97. The van der Waals surface area contributed by atoms with Gasteiger partial charge in [0.1, 0.15) is 6.54 Å². The van der Waals surface area contributed by atoms with Crippen LogP contribution in [0.25, 0.3) is 0 Å². The third kappa shape index (κ3) is 4.27. The van der Waals surface area contributed by atoms with Gasteiger partial charge in [-0.2, -0.15) is 0 Å². The van der Waals surface area contributed by atoms with Crippen LogP contribution in [0.5, 0.6) is 0 Å². The molecule has 32 heavy (non-hydrogen) atoms. The highest BCUT2D eigenvalue weighted by Crippen LogP contribution is 2.33. The Morgan fingerprint density at radius 2 is 1.59 bits per heavy atom. The van der Waals surface area contributed by atoms with Gasteiger partial charge in [-0.3, -0.25) is 14.5 Å². The molecule has 4 rings (SSSR count). The van der Waals surface area contributed by atoms with Crippen LogP contribution in [-0.2, 0) is 21.5 Å². The van der Waals surface area contributed by atoms with Crippen molar-refractivity contribution in [3.63, 3.8) is 0 Å². The Morgan fingerprint density at radius 3 is 2.22 bits per heavy atom. The van der Waals surface area contributed by atoms with Crippen molar-refractivity contribution in [2.45, 2.75) is 50.6 Å². The normalized spacial score (nSPS) is 25.5. The summed E-state index contributed by atoms with van der Waals surface area (Å²) >= 11 is 0. The molecule has 6 nitrogen and oxygen atoms in total. The van der Waals surface area contributed by atoms with E-state index in [2.05, 4.69) is 12.2 Å². The number of amides is 4. The molecular weight excluding hydrogens is 402 g/mol. The molecule has 2 aromatic rings. The van der Waals surface area contributed by atoms with Crippen LogP contribution in [0.1, 0.15) is 43.7 Å². The van der Waals surface area contributed by atoms with Crippen LogP contribution in [0.15, 0.2) is 60.7 Å². The lowest BCUT2D eigenvalue weighted by Gasteiger charge is -2.34. The van der Waals surface area contributed by atoms with Crippen molar-refractivity contribution in [2.75, 3.05) is 13.6 Å². The predicted octanol–water partition coefficient (Wildman–Crippen LogP) is 3.71. The minimum Gasteiger partial charge on any atom is -0.341 e. The lowest BCUT2D eigenvalue weighted by Crippen LogP contribution is -2.48. The van der Waals surface area contributed by atoms with Gasteiger partial charge in [-0.15, -0.1) is 0 Å². The SMILES string of the molecule is CC1CCC(N(C)C(=O)CN2C(=O)NC(Cc3ccccc3)(c3ccccc3)C2=O)CC1. The summed E-state index contributed by atoms with van der Waals surface area (Å²) in [7, 11) is 1.79. The van der Waals surface area contributed by atoms with Crippen molar-refractivity contribution in [2.24, 2.45) is 5.92 Å². The highest BCUT2D eigenvalue weighted by Gasteiger charge is 2.53. The van der Waals surface area contributed by atoms with Crippen LogP contribution in [0, 0.1) is 5.92 Å². The van der Waals surface area contributed by atoms with E-state index in [1.165, 1.54) is 0 Å². The molecule has 168 valence electrons. The number of imide groups is 1. The molecule has 1 atom stereocenters. The first kappa shape index (κ1) is 22.1. The number of nitrogens with zero attached hydrogens (tertiary/aromatic N) is 2. The van der Waals surface area contributed by atoms with Crippen LogP contribution in [0.2, 0.25) is 0 Å². The van der Waals surface area contributed by atoms with Crippen molar-refractivity contribution in [3.8, 4) is 0 Å². The molecule has 1 saturated heterocycles. The van der Waals surface area contributed by atoms with E-state index in [9.17, 15) is 14.4 Å². The molecule has 0 spiro atoms. The van der Waals surface area contributed by atoms with Gasteiger partial charge in [0.25, 0.3) is 5.91 Å². The zero-order chi connectivity index (χ0) is 22.7. The van der Waals surface area contributed by atoms with Crippen LogP contribution >= 0.6 is 0 Å². The molecule has 4 amide bonds. The molecule has 1 aliphatic heterocycles. The number of benzene rings is 2.